The third-order valence-electron chi connectivity index (χ3n) is 2.07. The van der Waals surface area contributed by atoms with Gasteiger partial charge in [0.25, 0.3) is 0 Å². The zero-order chi connectivity index (χ0) is 12.7. The number of urea groups is 1. The number of amides is 3. The SMILES string of the molecule is CC(Cc1ccsc1)NC(=O)NC(=O)CCCl. The van der Waals surface area contributed by atoms with E-state index in [1.54, 1.807) is 11.3 Å². The predicted molar refractivity (Wildman–Crippen MR) is 69.5 cm³/mol. The van der Waals surface area contributed by atoms with Crippen molar-refractivity contribution in [1.82, 2.24) is 10.6 Å². The van der Waals surface area contributed by atoms with Gasteiger partial charge < -0.3 is 5.32 Å². The number of alkyl halides is 1. The summed E-state index contributed by atoms with van der Waals surface area (Å²) < 4.78 is 0. The molecule has 1 aromatic heterocycles. The fourth-order valence-electron chi connectivity index (χ4n) is 1.35. The molecule has 0 aromatic carbocycles. The van der Waals surface area contributed by atoms with Gasteiger partial charge in [-0.15, -0.1) is 11.6 Å². The lowest BCUT2D eigenvalue weighted by molar-refractivity contribution is -0.119. The molecule has 3 amide bonds. The average molecular weight is 275 g/mol. The molecular formula is C11H15ClN2O2S. The van der Waals surface area contributed by atoms with E-state index < -0.39 is 6.03 Å². The number of thiophene rings is 1. The Kier molecular flexibility index (Phi) is 6.00. The van der Waals surface area contributed by atoms with Gasteiger partial charge in [0.15, 0.2) is 0 Å². The van der Waals surface area contributed by atoms with Crippen LogP contribution in [0.2, 0.25) is 0 Å². The van der Waals surface area contributed by atoms with Gasteiger partial charge in [0.1, 0.15) is 0 Å². The molecule has 4 nitrogen and oxygen atoms in total. The lowest BCUT2D eigenvalue weighted by Crippen LogP contribution is -2.44. The van der Waals surface area contributed by atoms with Crippen molar-refractivity contribution in [2.75, 3.05) is 5.88 Å². The number of nitrogens with one attached hydrogen (secondary N) is 2. The predicted octanol–water partition coefficient (Wildman–Crippen LogP) is 2.13. The van der Waals surface area contributed by atoms with E-state index in [0.29, 0.717) is 0 Å². The second-order valence-corrected chi connectivity index (χ2v) is 4.86. The van der Waals surface area contributed by atoms with Crippen molar-refractivity contribution >= 4 is 34.9 Å². The van der Waals surface area contributed by atoms with E-state index in [-0.39, 0.29) is 24.2 Å². The van der Waals surface area contributed by atoms with Gasteiger partial charge in [-0.3, -0.25) is 10.1 Å². The third-order valence-corrected chi connectivity index (χ3v) is 3.00. The summed E-state index contributed by atoms with van der Waals surface area (Å²) in [5.41, 5.74) is 1.18. The minimum Gasteiger partial charge on any atom is -0.335 e. The number of rotatable bonds is 5. The number of imide groups is 1. The van der Waals surface area contributed by atoms with Crippen LogP contribution in [0.3, 0.4) is 0 Å². The number of hydrogen-bond donors (Lipinski definition) is 2. The highest BCUT2D eigenvalue weighted by molar-refractivity contribution is 7.07. The molecule has 0 saturated heterocycles. The molecule has 2 N–H and O–H groups in total. The average Bonchev–Trinajstić information content (AvgIpc) is 2.69. The standard InChI is InChI=1S/C11H15ClN2O2S/c1-8(6-9-3-5-17-7-9)13-11(16)14-10(15)2-4-12/h3,5,7-8H,2,4,6H2,1H3,(H2,13,14,15,16). The van der Waals surface area contributed by atoms with Crippen molar-refractivity contribution in [1.29, 1.82) is 0 Å². The molecule has 1 unspecified atom stereocenters. The third kappa shape index (κ3) is 5.70. The van der Waals surface area contributed by atoms with Crippen LogP contribution in [-0.2, 0) is 11.2 Å². The summed E-state index contributed by atoms with van der Waals surface area (Å²) >= 11 is 7.01. The highest BCUT2D eigenvalue weighted by atomic mass is 35.5. The maximum absolute atomic E-state index is 11.4. The summed E-state index contributed by atoms with van der Waals surface area (Å²) in [4.78, 5) is 22.5. The molecule has 94 valence electrons. The Hall–Kier alpha value is -1.07. The van der Waals surface area contributed by atoms with Crippen LogP contribution in [0.1, 0.15) is 18.9 Å². The van der Waals surface area contributed by atoms with Gasteiger partial charge in [-0.1, -0.05) is 0 Å². The first-order valence-corrected chi connectivity index (χ1v) is 6.77. The molecule has 0 saturated carbocycles. The summed E-state index contributed by atoms with van der Waals surface area (Å²) in [5, 5.41) is 8.95. The molecule has 0 aliphatic heterocycles. The fourth-order valence-corrected chi connectivity index (χ4v) is 2.20. The lowest BCUT2D eigenvalue weighted by atomic mass is 10.1. The van der Waals surface area contributed by atoms with Gasteiger partial charge in [-0.2, -0.15) is 11.3 Å². The Bertz CT molecular complexity index is 368. The summed E-state index contributed by atoms with van der Waals surface area (Å²) in [6.07, 6.45) is 0.897. The van der Waals surface area contributed by atoms with Crippen LogP contribution < -0.4 is 10.6 Å². The zero-order valence-corrected chi connectivity index (χ0v) is 11.1. The number of carbonyl (C=O) groups is 2. The van der Waals surface area contributed by atoms with E-state index >= 15 is 0 Å². The molecule has 0 fully saturated rings. The highest BCUT2D eigenvalue weighted by Gasteiger charge is 2.10. The quantitative estimate of drug-likeness (QED) is 0.808. The molecule has 1 aromatic rings. The van der Waals surface area contributed by atoms with Gasteiger partial charge in [0.2, 0.25) is 5.91 Å². The van der Waals surface area contributed by atoms with E-state index in [1.165, 1.54) is 5.56 Å². The molecule has 17 heavy (non-hydrogen) atoms. The minimum atomic E-state index is -0.470. The van der Waals surface area contributed by atoms with Gasteiger partial charge in [0, 0.05) is 18.3 Å². The molecule has 0 spiro atoms. The fraction of sp³-hybridized carbons (Fsp3) is 0.455. The van der Waals surface area contributed by atoms with Crippen LogP contribution in [0.25, 0.3) is 0 Å². The summed E-state index contributed by atoms with van der Waals surface area (Å²) in [6, 6.07) is 1.52. The highest BCUT2D eigenvalue weighted by Crippen LogP contribution is 2.08. The Morgan fingerprint density at radius 3 is 2.88 bits per heavy atom. The maximum Gasteiger partial charge on any atom is 0.321 e. The molecule has 1 heterocycles. The van der Waals surface area contributed by atoms with Crippen molar-refractivity contribution in [3.63, 3.8) is 0 Å². The largest absolute Gasteiger partial charge is 0.335 e. The maximum atomic E-state index is 11.4. The van der Waals surface area contributed by atoms with Crippen molar-refractivity contribution in [2.45, 2.75) is 25.8 Å². The Balaban J connectivity index is 2.28. The summed E-state index contributed by atoms with van der Waals surface area (Å²) in [5.74, 6) is -0.149. The molecule has 0 aliphatic rings. The zero-order valence-electron chi connectivity index (χ0n) is 9.53. The van der Waals surface area contributed by atoms with E-state index in [1.807, 2.05) is 23.8 Å². The molecule has 0 radical (unpaired) electrons. The van der Waals surface area contributed by atoms with Crippen molar-refractivity contribution in [3.05, 3.63) is 22.4 Å². The van der Waals surface area contributed by atoms with Crippen LogP contribution in [0, 0.1) is 0 Å². The van der Waals surface area contributed by atoms with Crippen LogP contribution in [-0.4, -0.2) is 23.9 Å². The van der Waals surface area contributed by atoms with Crippen molar-refractivity contribution < 1.29 is 9.59 Å². The lowest BCUT2D eigenvalue weighted by Gasteiger charge is -2.13. The monoisotopic (exact) mass is 274 g/mol. The van der Waals surface area contributed by atoms with E-state index in [2.05, 4.69) is 10.6 Å². The Morgan fingerprint density at radius 1 is 1.53 bits per heavy atom. The second kappa shape index (κ2) is 7.29. The molecule has 1 rings (SSSR count). The smallest absolute Gasteiger partial charge is 0.321 e. The molecule has 1 atom stereocenters. The van der Waals surface area contributed by atoms with Gasteiger partial charge >= 0.3 is 6.03 Å². The van der Waals surface area contributed by atoms with E-state index in [4.69, 9.17) is 11.6 Å². The second-order valence-electron chi connectivity index (χ2n) is 3.70. The van der Waals surface area contributed by atoms with Crippen LogP contribution >= 0.6 is 22.9 Å². The normalized spacial score (nSPS) is 11.9. The van der Waals surface area contributed by atoms with Crippen LogP contribution in [0.4, 0.5) is 4.79 Å². The first kappa shape index (κ1) is 14.0. The number of carbonyl (C=O) groups excluding carboxylic acids is 2. The molecule has 0 bridgehead atoms. The van der Waals surface area contributed by atoms with E-state index in [9.17, 15) is 9.59 Å². The summed E-state index contributed by atoms with van der Waals surface area (Å²) in [6.45, 7) is 1.89. The van der Waals surface area contributed by atoms with Gasteiger partial charge in [-0.05, 0) is 35.7 Å². The first-order valence-electron chi connectivity index (χ1n) is 5.29. The Labute approximate surface area is 109 Å². The van der Waals surface area contributed by atoms with Gasteiger partial charge in [-0.25, -0.2) is 4.79 Å². The van der Waals surface area contributed by atoms with Crippen molar-refractivity contribution in [3.8, 4) is 0 Å². The molecule has 0 aliphatic carbocycles. The number of halogens is 1. The van der Waals surface area contributed by atoms with Crippen molar-refractivity contribution in [2.24, 2.45) is 0 Å². The minimum absolute atomic E-state index is 0.0200. The van der Waals surface area contributed by atoms with Crippen LogP contribution in [0.15, 0.2) is 16.8 Å². The van der Waals surface area contributed by atoms with Crippen LogP contribution in [0.5, 0.6) is 0 Å². The number of hydrogen-bond acceptors (Lipinski definition) is 3. The first-order chi connectivity index (χ1) is 8.11. The molecular weight excluding hydrogens is 260 g/mol. The van der Waals surface area contributed by atoms with Gasteiger partial charge in [0.05, 0.1) is 0 Å². The molecule has 6 heteroatoms. The Morgan fingerprint density at radius 2 is 2.29 bits per heavy atom. The van der Waals surface area contributed by atoms with E-state index in [0.717, 1.165) is 6.42 Å². The topological polar surface area (TPSA) is 58.2 Å². The summed E-state index contributed by atoms with van der Waals surface area (Å²) in [7, 11) is 0.